The first-order chi connectivity index (χ1) is 12.1. The number of rotatable bonds is 3. The van der Waals surface area contributed by atoms with Gasteiger partial charge in [0.15, 0.2) is 0 Å². The molecule has 0 aliphatic carbocycles. The van der Waals surface area contributed by atoms with Gasteiger partial charge in [0.25, 0.3) is 5.91 Å². The van der Waals surface area contributed by atoms with Gasteiger partial charge in [0, 0.05) is 42.8 Å². The van der Waals surface area contributed by atoms with Crippen LogP contribution in [0.3, 0.4) is 0 Å². The van der Waals surface area contributed by atoms with Crippen LogP contribution in [-0.2, 0) is 0 Å². The number of urea groups is 1. The molecule has 2 N–H and O–H groups in total. The Kier molecular flexibility index (Phi) is 5.23. The molecule has 0 unspecified atom stereocenters. The second-order valence-electron chi connectivity index (χ2n) is 5.91. The molecule has 3 amide bonds. The zero-order chi connectivity index (χ0) is 17.6. The fourth-order valence-corrected chi connectivity index (χ4v) is 2.73. The van der Waals surface area contributed by atoms with E-state index in [1.165, 1.54) is 24.3 Å². The van der Waals surface area contributed by atoms with Gasteiger partial charge < -0.3 is 15.5 Å². The van der Waals surface area contributed by atoms with Crippen LogP contribution in [-0.4, -0.2) is 41.0 Å². The standard InChI is InChI=1S/C18H19FN4O2/c19-14-1-3-15(4-2-14)22-18(25)23-11-7-16(8-12-23)21-17(24)13-5-9-20-10-6-13/h1-6,9-10,16H,7-8,11-12H2,(H,21,24)(H,22,25). The molecule has 0 saturated carbocycles. The quantitative estimate of drug-likeness (QED) is 0.900. The lowest BCUT2D eigenvalue weighted by atomic mass is 10.0. The minimum absolute atomic E-state index is 0.0375. The van der Waals surface area contributed by atoms with Crippen molar-refractivity contribution in [3.63, 3.8) is 0 Å². The minimum atomic E-state index is -0.344. The molecule has 1 aliphatic heterocycles. The van der Waals surface area contributed by atoms with Crippen molar-refractivity contribution >= 4 is 17.6 Å². The summed E-state index contributed by atoms with van der Waals surface area (Å²) in [7, 11) is 0. The number of benzene rings is 1. The van der Waals surface area contributed by atoms with E-state index in [9.17, 15) is 14.0 Å². The molecule has 0 spiro atoms. The van der Waals surface area contributed by atoms with Crippen molar-refractivity contribution in [1.82, 2.24) is 15.2 Å². The summed E-state index contributed by atoms with van der Waals surface area (Å²) in [5.41, 5.74) is 1.13. The van der Waals surface area contributed by atoms with Gasteiger partial charge in [0.2, 0.25) is 0 Å². The Morgan fingerprint density at radius 3 is 2.32 bits per heavy atom. The van der Waals surface area contributed by atoms with Gasteiger partial charge in [-0.2, -0.15) is 0 Å². The first-order valence-corrected chi connectivity index (χ1v) is 8.14. The molecule has 1 aromatic heterocycles. The fraction of sp³-hybridized carbons (Fsp3) is 0.278. The van der Waals surface area contributed by atoms with Crippen molar-refractivity contribution in [2.24, 2.45) is 0 Å². The lowest BCUT2D eigenvalue weighted by molar-refractivity contribution is 0.0919. The van der Waals surface area contributed by atoms with Gasteiger partial charge in [-0.3, -0.25) is 9.78 Å². The second kappa shape index (κ2) is 7.74. The number of hydrogen-bond acceptors (Lipinski definition) is 3. The average molecular weight is 342 g/mol. The number of nitrogens with one attached hydrogen (secondary N) is 2. The van der Waals surface area contributed by atoms with E-state index in [1.54, 1.807) is 29.4 Å². The number of halogens is 1. The van der Waals surface area contributed by atoms with Gasteiger partial charge in [-0.05, 0) is 49.2 Å². The Bertz CT molecular complexity index is 729. The van der Waals surface area contributed by atoms with Crippen molar-refractivity contribution < 1.29 is 14.0 Å². The summed E-state index contributed by atoms with van der Waals surface area (Å²) in [6.07, 6.45) is 4.54. The topological polar surface area (TPSA) is 74.3 Å². The Hall–Kier alpha value is -2.96. The van der Waals surface area contributed by atoms with Crippen molar-refractivity contribution in [3.8, 4) is 0 Å². The van der Waals surface area contributed by atoms with Crippen LogP contribution in [0.1, 0.15) is 23.2 Å². The van der Waals surface area contributed by atoms with Crippen LogP contribution in [0.5, 0.6) is 0 Å². The van der Waals surface area contributed by atoms with Crippen molar-refractivity contribution in [2.75, 3.05) is 18.4 Å². The van der Waals surface area contributed by atoms with Crippen molar-refractivity contribution in [3.05, 3.63) is 60.2 Å². The summed E-state index contributed by atoms with van der Waals surface area (Å²) in [6.45, 7) is 1.10. The molecule has 2 heterocycles. The number of amides is 3. The van der Waals surface area contributed by atoms with Crippen LogP contribution in [0.2, 0.25) is 0 Å². The maximum Gasteiger partial charge on any atom is 0.321 e. The number of carbonyl (C=O) groups excluding carboxylic acids is 2. The summed E-state index contributed by atoms with van der Waals surface area (Å²) in [6, 6.07) is 8.80. The molecular weight excluding hydrogens is 323 g/mol. The summed E-state index contributed by atoms with van der Waals surface area (Å²) in [4.78, 5) is 29.9. The monoisotopic (exact) mass is 342 g/mol. The van der Waals surface area contributed by atoms with Crippen LogP contribution in [0.25, 0.3) is 0 Å². The molecule has 0 radical (unpaired) electrons. The first-order valence-electron chi connectivity index (χ1n) is 8.14. The van der Waals surface area contributed by atoms with Gasteiger partial charge >= 0.3 is 6.03 Å². The van der Waals surface area contributed by atoms with Gasteiger partial charge in [0.05, 0.1) is 0 Å². The normalized spacial score (nSPS) is 14.8. The largest absolute Gasteiger partial charge is 0.349 e. The molecule has 1 fully saturated rings. The number of pyridine rings is 1. The molecule has 1 saturated heterocycles. The molecule has 1 aromatic carbocycles. The summed E-state index contributed by atoms with van der Waals surface area (Å²) in [5.74, 6) is -0.472. The molecule has 0 bridgehead atoms. The Balaban J connectivity index is 1.47. The number of hydrogen-bond donors (Lipinski definition) is 2. The molecule has 2 aromatic rings. The van der Waals surface area contributed by atoms with Crippen LogP contribution in [0.15, 0.2) is 48.8 Å². The number of likely N-dealkylation sites (tertiary alicyclic amines) is 1. The zero-order valence-corrected chi connectivity index (χ0v) is 13.6. The van der Waals surface area contributed by atoms with E-state index in [0.29, 0.717) is 37.2 Å². The summed E-state index contributed by atoms with van der Waals surface area (Å²) < 4.78 is 12.9. The highest BCUT2D eigenvalue weighted by molar-refractivity contribution is 5.94. The minimum Gasteiger partial charge on any atom is -0.349 e. The highest BCUT2D eigenvalue weighted by atomic mass is 19.1. The molecular formula is C18H19FN4O2. The second-order valence-corrected chi connectivity index (χ2v) is 5.91. The lowest BCUT2D eigenvalue weighted by Gasteiger charge is -2.32. The molecule has 0 atom stereocenters. The Morgan fingerprint density at radius 1 is 1.04 bits per heavy atom. The van der Waals surface area contributed by atoms with E-state index in [-0.39, 0.29) is 23.8 Å². The molecule has 25 heavy (non-hydrogen) atoms. The van der Waals surface area contributed by atoms with Crippen molar-refractivity contribution in [1.29, 1.82) is 0 Å². The average Bonchev–Trinajstić information content (AvgIpc) is 2.65. The predicted molar refractivity (Wildman–Crippen MR) is 91.7 cm³/mol. The van der Waals surface area contributed by atoms with Gasteiger partial charge in [-0.25, -0.2) is 9.18 Å². The number of aromatic nitrogens is 1. The number of piperidine rings is 1. The fourth-order valence-electron chi connectivity index (χ4n) is 2.73. The van der Waals surface area contributed by atoms with Crippen molar-refractivity contribution in [2.45, 2.75) is 18.9 Å². The molecule has 6 nitrogen and oxygen atoms in total. The summed E-state index contributed by atoms with van der Waals surface area (Å²) >= 11 is 0. The lowest BCUT2D eigenvalue weighted by Crippen LogP contribution is -2.47. The summed E-state index contributed by atoms with van der Waals surface area (Å²) in [5, 5.41) is 5.73. The number of nitrogens with zero attached hydrogens (tertiary/aromatic N) is 2. The van der Waals surface area contributed by atoms with Gasteiger partial charge in [-0.15, -0.1) is 0 Å². The highest BCUT2D eigenvalue weighted by Gasteiger charge is 2.24. The third-order valence-corrected chi connectivity index (χ3v) is 4.16. The molecule has 1 aliphatic rings. The number of anilines is 1. The van der Waals surface area contributed by atoms with E-state index >= 15 is 0 Å². The Labute approximate surface area is 145 Å². The third-order valence-electron chi connectivity index (χ3n) is 4.16. The predicted octanol–water partition coefficient (Wildman–Crippen LogP) is 2.65. The maximum atomic E-state index is 12.9. The molecule has 7 heteroatoms. The van der Waals surface area contributed by atoms with Gasteiger partial charge in [0.1, 0.15) is 5.82 Å². The van der Waals surface area contributed by atoms with Crippen LogP contribution < -0.4 is 10.6 Å². The van der Waals surface area contributed by atoms with E-state index in [1.807, 2.05) is 0 Å². The van der Waals surface area contributed by atoms with Gasteiger partial charge in [-0.1, -0.05) is 0 Å². The van der Waals surface area contributed by atoms with Crippen LogP contribution >= 0.6 is 0 Å². The highest BCUT2D eigenvalue weighted by Crippen LogP contribution is 2.14. The zero-order valence-electron chi connectivity index (χ0n) is 13.6. The first kappa shape index (κ1) is 16.9. The number of carbonyl (C=O) groups is 2. The third kappa shape index (κ3) is 4.53. The van der Waals surface area contributed by atoms with E-state index in [0.717, 1.165) is 0 Å². The van der Waals surface area contributed by atoms with E-state index in [4.69, 9.17) is 0 Å². The smallest absolute Gasteiger partial charge is 0.321 e. The molecule has 130 valence electrons. The SMILES string of the molecule is O=C(NC1CCN(C(=O)Nc2ccc(F)cc2)CC1)c1ccncc1. The van der Waals surface area contributed by atoms with E-state index < -0.39 is 0 Å². The van der Waals surface area contributed by atoms with E-state index in [2.05, 4.69) is 15.6 Å². The Morgan fingerprint density at radius 2 is 1.68 bits per heavy atom. The maximum absolute atomic E-state index is 12.9. The van der Waals surface area contributed by atoms with Crippen LogP contribution in [0.4, 0.5) is 14.9 Å². The molecule has 3 rings (SSSR count). The van der Waals surface area contributed by atoms with Crippen LogP contribution in [0, 0.1) is 5.82 Å².